The first-order valence-electron chi connectivity index (χ1n) is 4.91. The Morgan fingerprint density at radius 3 is 2.43 bits per heavy atom. The van der Waals surface area contributed by atoms with E-state index in [1.807, 2.05) is 19.9 Å². The van der Waals surface area contributed by atoms with Crippen molar-refractivity contribution in [1.82, 2.24) is 9.97 Å². The highest BCUT2D eigenvalue weighted by atomic mass is 14.9. The molecule has 1 aromatic heterocycles. The maximum atomic E-state index is 4.40. The van der Waals surface area contributed by atoms with Crippen molar-refractivity contribution in [3.63, 3.8) is 0 Å². The molecule has 14 heavy (non-hydrogen) atoms. The average Bonchev–Trinajstić information content (AvgIpc) is 2.40. The second-order valence-corrected chi connectivity index (χ2v) is 3.84. The Morgan fingerprint density at radius 2 is 2.07 bits per heavy atom. The molecule has 2 heteroatoms. The average molecular weight is 190 g/mol. The molecule has 0 atom stereocenters. The second-order valence-electron chi connectivity index (χ2n) is 3.84. The number of hydrogen-bond donors (Lipinski definition) is 1. The van der Waals surface area contributed by atoms with Crippen LogP contribution in [0.2, 0.25) is 0 Å². The zero-order valence-electron chi connectivity index (χ0n) is 9.39. The van der Waals surface area contributed by atoms with Gasteiger partial charge in [0.05, 0.1) is 5.69 Å². The Bertz CT molecular complexity index is 356. The van der Waals surface area contributed by atoms with E-state index in [0.29, 0.717) is 5.92 Å². The number of rotatable bonds is 3. The fraction of sp³-hybridized carbons (Fsp3) is 0.417. The van der Waals surface area contributed by atoms with E-state index in [1.54, 1.807) is 0 Å². The number of hydrogen-bond acceptors (Lipinski definition) is 1. The van der Waals surface area contributed by atoms with Crippen LogP contribution in [-0.4, -0.2) is 9.97 Å². The summed E-state index contributed by atoms with van der Waals surface area (Å²) in [7, 11) is 0. The van der Waals surface area contributed by atoms with Crippen molar-refractivity contribution in [3.8, 4) is 0 Å². The van der Waals surface area contributed by atoms with Crippen LogP contribution in [-0.2, 0) is 0 Å². The zero-order valence-corrected chi connectivity index (χ0v) is 9.39. The highest BCUT2D eigenvalue weighted by Crippen LogP contribution is 2.16. The SMILES string of the molecule is C=C/C(=C\c1nc(C)[nH]c1C)C(C)C. The van der Waals surface area contributed by atoms with Gasteiger partial charge in [0.2, 0.25) is 0 Å². The summed E-state index contributed by atoms with van der Waals surface area (Å²) in [6, 6.07) is 0. The smallest absolute Gasteiger partial charge is 0.103 e. The molecule has 1 heterocycles. The molecule has 0 bridgehead atoms. The first-order valence-corrected chi connectivity index (χ1v) is 4.91. The number of imidazole rings is 1. The highest BCUT2D eigenvalue weighted by Gasteiger charge is 2.04. The van der Waals surface area contributed by atoms with Crippen LogP contribution in [0.5, 0.6) is 0 Å². The molecule has 1 N–H and O–H groups in total. The van der Waals surface area contributed by atoms with Gasteiger partial charge in [0, 0.05) is 5.69 Å². The predicted octanol–water partition coefficient (Wildman–Crippen LogP) is 3.25. The van der Waals surface area contributed by atoms with Gasteiger partial charge >= 0.3 is 0 Å². The molecule has 0 aliphatic heterocycles. The Labute approximate surface area is 85.8 Å². The van der Waals surface area contributed by atoms with Gasteiger partial charge in [-0.05, 0) is 31.4 Å². The number of aryl methyl sites for hydroxylation is 2. The lowest BCUT2D eigenvalue weighted by molar-refractivity contribution is 0.797. The lowest BCUT2D eigenvalue weighted by Crippen LogP contribution is -1.90. The third kappa shape index (κ3) is 2.34. The summed E-state index contributed by atoms with van der Waals surface area (Å²) >= 11 is 0. The molecule has 2 nitrogen and oxygen atoms in total. The molecule has 0 unspecified atom stereocenters. The lowest BCUT2D eigenvalue weighted by atomic mass is 10.0. The fourth-order valence-corrected chi connectivity index (χ4v) is 1.39. The summed E-state index contributed by atoms with van der Waals surface area (Å²) in [4.78, 5) is 7.59. The summed E-state index contributed by atoms with van der Waals surface area (Å²) in [5.74, 6) is 1.45. The topological polar surface area (TPSA) is 28.7 Å². The minimum absolute atomic E-state index is 0.490. The molecular formula is C12H18N2. The third-order valence-corrected chi connectivity index (χ3v) is 2.25. The van der Waals surface area contributed by atoms with Crippen molar-refractivity contribution in [3.05, 3.63) is 35.4 Å². The minimum Gasteiger partial charge on any atom is -0.346 e. The van der Waals surface area contributed by atoms with Gasteiger partial charge in [-0.1, -0.05) is 26.5 Å². The number of aromatic amines is 1. The summed E-state index contributed by atoms with van der Waals surface area (Å²) in [5.41, 5.74) is 3.35. The molecule has 0 spiro atoms. The van der Waals surface area contributed by atoms with E-state index in [-0.39, 0.29) is 0 Å². The molecule has 0 aliphatic carbocycles. The second kappa shape index (κ2) is 4.27. The molecule has 1 rings (SSSR count). The Morgan fingerprint density at radius 1 is 1.43 bits per heavy atom. The number of H-pyrrole nitrogens is 1. The maximum Gasteiger partial charge on any atom is 0.103 e. The molecule has 0 radical (unpaired) electrons. The highest BCUT2D eigenvalue weighted by molar-refractivity contribution is 5.54. The molecule has 0 saturated carbocycles. The van der Waals surface area contributed by atoms with E-state index in [4.69, 9.17) is 0 Å². The van der Waals surface area contributed by atoms with Gasteiger partial charge < -0.3 is 4.98 Å². The van der Waals surface area contributed by atoms with Gasteiger partial charge in [0.15, 0.2) is 0 Å². The summed E-state index contributed by atoms with van der Waals surface area (Å²) < 4.78 is 0. The maximum absolute atomic E-state index is 4.40. The first kappa shape index (κ1) is 10.8. The molecule has 0 amide bonds. The van der Waals surface area contributed by atoms with Crippen LogP contribution in [0.15, 0.2) is 18.2 Å². The molecule has 0 fully saturated rings. The molecule has 1 aromatic rings. The van der Waals surface area contributed by atoms with Crippen molar-refractivity contribution in [1.29, 1.82) is 0 Å². The van der Waals surface area contributed by atoms with Crippen molar-refractivity contribution in [2.75, 3.05) is 0 Å². The van der Waals surface area contributed by atoms with Gasteiger partial charge in [0.25, 0.3) is 0 Å². The largest absolute Gasteiger partial charge is 0.346 e. The van der Waals surface area contributed by atoms with E-state index < -0.39 is 0 Å². The van der Waals surface area contributed by atoms with Crippen LogP contribution in [0, 0.1) is 19.8 Å². The van der Waals surface area contributed by atoms with Crippen molar-refractivity contribution < 1.29 is 0 Å². The van der Waals surface area contributed by atoms with E-state index in [9.17, 15) is 0 Å². The minimum atomic E-state index is 0.490. The van der Waals surface area contributed by atoms with Crippen LogP contribution in [0.4, 0.5) is 0 Å². The van der Waals surface area contributed by atoms with Crippen molar-refractivity contribution in [2.24, 2.45) is 5.92 Å². The first-order chi connectivity index (χ1) is 6.54. The van der Waals surface area contributed by atoms with E-state index >= 15 is 0 Å². The fourth-order valence-electron chi connectivity index (χ4n) is 1.39. The van der Waals surface area contributed by atoms with E-state index in [2.05, 4.69) is 36.5 Å². The van der Waals surface area contributed by atoms with Gasteiger partial charge in [0.1, 0.15) is 5.82 Å². The molecule has 76 valence electrons. The normalized spacial score (nSPS) is 12.2. The van der Waals surface area contributed by atoms with Crippen LogP contribution in [0.25, 0.3) is 6.08 Å². The van der Waals surface area contributed by atoms with Crippen LogP contribution in [0.1, 0.15) is 31.1 Å². The number of allylic oxidation sites excluding steroid dienone is 2. The predicted molar refractivity (Wildman–Crippen MR) is 61.1 cm³/mol. The van der Waals surface area contributed by atoms with Crippen LogP contribution >= 0.6 is 0 Å². The Kier molecular flexibility index (Phi) is 3.28. The lowest BCUT2D eigenvalue weighted by Gasteiger charge is -2.04. The monoisotopic (exact) mass is 190 g/mol. The molecule has 0 aromatic carbocycles. The molecular weight excluding hydrogens is 172 g/mol. The van der Waals surface area contributed by atoms with Gasteiger partial charge in [-0.15, -0.1) is 0 Å². The summed E-state index contributed by atoms with van der Waals surface area (Å²) in [5, 5.41) is 0. The van der Waals surface area contributed by atoms with Gasteiger partial charge in [-0.25, -0.2) is 4.98 Å². The standard InChI is InChI=1S/C12H18N2/c1-6-11(8(2)3)7-12-9(4)13-10(5)14-12/h6-8H,1H2,2-5H3,(H,13,14)/b11-7+. The Balaban J connectivity index is 3.05. The molecule has 0 saturated heterocycles. The number of nitrogens with zero attached hydrogens (tertiary/aromatic N) is 1. The van der Waals surface area contributed by atoms with E-state index in [0.717, 1.165) is 17.2 Å². The quantitative estimate of drug-likeness (QED) is 0.728. The zero-order chi connectivity index (χ0) is 10.7. The third-order valence-electron chi connectivity index (χ3n) is 2.25. The van der Waals surface area contributed by atoms with Crippen molar-refractivity contribution in [2.45, 2.75) is 27.7 Å². The van der Waals surface area contributed by atoms with Crippen LogP contribution in [0.3, 0.4) is 0 Å². The van der Waals surface area contributed by atoms with Gasteiger partial charge in [-0.3, -0.25) is 0 Å². The Hall–Kier alpha value is -1.31. The number of nitrogens with one attached hydrogen (secondary N) is 1. The number of aromatic nitrogens is 2. The van der Waals surface area contributed by atoms with E-state index in [1.165, 1.54) is 5.57 Å². The molecule has 0 aliphatic rings. The summed E-state index contributed by atoms with van der Waals surface area (Å²) in [6.45, 7) is 12.1. The van der Waals surface area contributed by atoms with Crippen molar-refractivity contribution >= 4 is 6.08 Å². The van der Waals surface area contributed by atoms with Gasteiger partial charge in [-0.2, -0.15) is 0 Å². The summed E-state index contributed by atoms with van der Waals surface area (Å²) in [6.07, 6.45) is 3.99. The van der Waals surface area contributed by atoms with Crippen LogP contribution < -0.4 is 0 Å².